The van der Waals surface area contributed by atoms with Crippen LogP contribution in [0.25, 0.3) is 0 Å². The number of carbonyl (C=O) groups is 1. The molecule has 2 nitrogen and oxygen atoms in total. The van der Waals surface area contributed by atoms with Gasteiger partial charge in [0.2, 0.25) is 5.91 Å². The maximum atomic E-state index is 11.4. The molecule has 3 heteroatoms. The number of hydrogen-bond acceptors (Lipinski definition) is 1. The molecule has 15 heavy (non-hydrogen) atoms. The summed E-state index contributed by atoms with van der Waals surface area (Å²) in [5, 5.41) is 2.85. The minimum absolute atomic E-state index is 0.00602. The fourth-order valence-electron chi connectivity index (χ4n) is 1.26. The van der Waals surface area contributed by atoms with Crippen LogP contribution in [-0.4, -0.2) is 11.8 Å². The molecule has 1 unspecified atom stereocenters. The number of amides is 1. The molecule has 0 aliphatic heterocycles. The van der Waals surface area contributed by atoms with Crippen LogP contribution in [0.5, 0.6) is 0 Å². The van der Waals surface area contributed by atoms with E-state index in [1.807, 2.05) is 32.0 Å². The summed E-state index contributed by atoms with van der Waals surface area (Å²) in [4.78, 5) is 11.4. The van der Waals surface area contributed by atoms with Gasteiger partial charge in [0.05, 0.1) is 0 Å². The molecule has 0 aromatic heterocycles. The predicted octanol–water partition coefficient (Wildman–Crippen LogP) is 2.49. The highest BCUT2D eigenvalue weighted by molar-refractivity contribution is 6.19. The lowest BCUT2D eigenvalue weighted by Gasteiger charge is -2.09. The van der Waals surface area contributed by atoms with Gasteiger partial charge in [-0.15, -0.1) is 11.6 Å². The van der Waals surface area contributed by atoms with E-state index in [-0.39, 0.29) is 11.8 Å². The minimum Gasteiger partial charge on any atom is -0.352 e. The van der Waals surface area contributed by atoms with Gasteiger partial charge >= 0.3 is 0 Å². The highest BCUT2D eigenvalue weighted by atomic mass is 35.5. The second-order valence-corrected chi connectivity index (χ2v) is 4.07. The first-order valence-electron chi connectivity index (χ1n) is 5.02. The number of carbonyl (C=O) groups excluding carboxylic acids is 1. The van der Waals surface area contributed by atoms with E-state index in [0.717, 1.165) is 5.56 Å². The van der Waals surface area contributed by atoms with Gasteiger partial charge in [-0.25, -0.2) is 0 Å². The van der Waals surface area contributed by atoms with E-state index in [1.54, 1.807) is 0 Å². The Morgan fingerprint density at radius 2 is 2.27 bits per heavy atom. The Hall–Kier alpha value is -1.02. The van der Waals surface area contributed by atoms with Gasteiger partial charge in [-0.1, -0.05) is 36.8 Å². The third-order valence-corrected chi connectivity index (χ3v) is 2.69. The first kappa shape index (κ1) is 12.1. The Morgan fingerprint density at radius 1 is 1.53 bits per heavy atom. The average Bonchev–Trinajstić information content (AvgIpc) is 2.25. The second-order valence-electron chi connectivity index (χ2n) is 3.76. The van der Waals surface area contributed by atoms with Crippen LogP contribution in [0.2, 0.25) is 0 Å². The van der Waals surface area contributed by atoms with Gasteiger partial charge in [-0.05, 0) is 12.5 Å². The van der Waals surface area contributed by atoms with Gasteiger partial charge in [0.15, 0.2) is 0 Å². The van der Waals surface area contributed by atoms with Crippen molar-refractivity contribution in [3.8, 4) is 0 Å². The van der Waals surface area contributed by atoms with Crippen LogP contribution < -0.4 is 5.32 Å². The normalized spacial score (nSPS) is 12.2. The molecule has 82 valence electrons. The minimum atomic E-state index is -0.128. The molecule has 0 bridgehead atoms. The molecule has 1 aromatic rings. The van der Waals surface area contributed by atoms with Crippen LogP contribution in [0.1, 0.15) is 18.1 Å². The molecule has 0 aliphatic rings. The summed E-state index contributed by atoms with van der Waals surface area (Å²) in [5.41, 5.74) is 2.32. The number of benzene rings is 1. The molecule has 0 saturated carbocycles. The molecule has 1 aromatic carbocycles. The zero-order valence-corrected chi connectivity index (χ0v) is 9.84. The van der Waals surface area contributed by atoms with Crippen molar-refractivity contribution < 1.29 is 4.79 Å². The number of hydrogen-bond donors (Lipinski definition) is 1. The van der Waals surface area contributed by atoms with E-state index in [1.165, 1.54) is 5.56 Å². The molecule has 0 heterocycles. The lowest BCUT2D eigenvalue weighted by atomic mass is 10.1. The van der Waals surface area contributed by atoms with E-state index >= 15 is 0 Å². The van der Waals surface area contributed by atoms with E-state index in [0.29, 0.717) is 12.4 Å². The van der Waals surface area contributed by atoms with Crippen molar-refractivity contribution >= 4 is 17.5 Å². The lowest BCUT2D eigenvalue weighted by molar-refractivity contribution is -0.124. The fourth-order valence-corrected chi connectivity index (χ4v) is 1.40. The monoisotopic (exact) mass is 225 g/mol. The van der Waals surface area contributed by atoms with Crippen LogP contribution in [0.15, 0.2) is 24.3 Å². The summed E-state index contributed by atoms with van der Waals surface area (Å²) in [7, 11) is 0. The number of aryl methyl sites for hydroxylation is 1. The molecule has 0 radical (unpaired) electrons. The van der Waals surface area contributed by atoms with Gasteiger partial charge in [-0.3, -0.25) is 4.79 Å². The van der Waals surface area contributed by atoms with Crippen LogP contribution in [0, 0.1) is 12.8 Å². The summed E-state index contributed by atoms with van der Waals surface area (Å²) < 4.78 is 0. The van der Waals surface area contributed by atoms with Crippen molar-refractivity contribution in [2.45, 2.75) is 20.4 Å². The van der Waals surface area contributed by atoms with Gasteiger partial charge in [0, 0.05) is 18.3 Å². The van der Waals surface area contributed by atoms with Crippen LogP contribution >= 0.6 is 11.6 Å². The quantitative estimate of drug-likeness (QED) is 0.784. The van der Waals surface area contributed by atoms with Crippen molar-refractivity contribution in [1.29, 1.82) is 0 Å². The molecule has 1 atom stereocenters. The summed E-state index contributed by atoms with van der Waals surface area (Å²) in [6, 6.07) is 8.08. The number of alkyl halides is 1. The maximum Gasteiger partial charge on any atom is 0.224 e. The Balaban J connectivity index is 2.47. The third kappa shape index (κ3) is 3.92. The molecule has 0 spiro atoms. The van der Waals surface area contributed by atoms with Gasteiger partial charge in [0.1, 0.15) is 0 Å². The van der Waals surface area contributed by atoms with E-state index in [9.17, 15) is 4.79 Å². The molecule has 1 rings (SSSR count). The summed E-state index contributed by atoms with van der Waals surface area (Å²) in [5.74, 6) is 0.239. The van der Waals surface area contributed by atoms with Crippen LogP contribution in [0.3, 0.4) is 0 Å². The molecule has 0 fully saturated rings. The SMILES string of the molecule is Cc1cccc(CNC(=O)C(C)CCl)c1. The summed E-state index contributed by atoms with van der Waals surface area (Å²) >= 11 is 5.59. The highest BCUT2D eigenvalue weighted by Gasteiger charge is 2.10. The largest absolute Gasteiger partial charge is 0.352 e. The standard InChI is InChI=1S/C12H16ClNO/c1-9-4-3-5-11(6-9)8-14-12(15)10(2)7-13/h3-6,10H,7-8H2,1-2H3,(H,14,15). The van der Waals surface area contributed by atoms with E-state index in [4.69, 9.17) is 11.6 Å². The van der Waals surface area contributed by atoms with Crippen LogP contribution in [-0.2, 0) is 11.3 Å². The van der Waals surface area contributed by atoms with Crippen molar-refractivity contribution in [1.82, 2.24) is 5.32 Å². The first-order chi connectivity index (χ1) is 7.13. The average molecular weight is 226 g/mol. The van der Waals surface area contributed by atoms with E-state index in [2.05, 4.69) is 11.4 Å². The predicted molar refractivity (Wildman–Crippen MR) is 62.9 cm³/mol. The highest BCUT2D eigenvalue weighted by Crippen LogP contribution is 2.04. The van der Waals surface area contributed by atoms with Gasteiger partial charge in [0.25, 0.3) is 0 Å². The molecular formula is C12H16ClNO. The van der Waals surface area contributed by atoms with Crippen LogP contribution in [0.4, 0.5) is 0 Å². The van der Waals surface area contributed by atoms with Crippen molar-refractivity contribution in [2.24, 2.45) is 5.92 Å². The Morgan fingerprint density at radius 3 is 2.87 bits per heavy atom. The molecular weight excluding hydrogens is 210 g/mol. The fraction of sp³-hybridized carbons (Fsp3) is 0.417. The number of nitrogens with one attached hydrogen (secondary N) is 1. The van der Waals surface area contributed by atoms with Crippen molar-refractivity contribution in [3.05, 3.63) is 35.4 Å². The van der Waals surface area contributed by atoms with E-state index < -0.39 is 0 Å². The number of halogens is 1. The third-order valence-electron chi connectivity index (χ3n) is 2.23. The number of rotatable bonds is 4. The van der Waals surface area contributed by atoms with Gasteiger partial charge in [-0.2, -0.15) is 0 Å². The topological polar surface area (TPSA) is 29.1 Å². The molecule has 1 amide bonds. The summed E-state index contributed by atoms with van der Waals surface area (Å²) in [6.45, 7) is 4.42. The molecule has 1 N–H and O–H groups in total. The molecule has 0 saturated heterocycles. The summed E-state index contributed by atoms with van der Waals surface area (Å²) in [6.07, 6.45) is 0. The second kappa shape index (κ2) is 5.76. The van der Waals surface area contributed by atoms with Gasteiger partial charge < -0.3 is 5.32 Å². The molecule has 0 aliphatic carbocycles. The zero-order chi connectivity index (χ0) is 11.3. The first-order valence-corrected chi connectivity index (χ1v) is 5.56. The lowest BCUT2D eigenvalue weighted by Crippen LogP contribution is -2.29. The van der Waals surface area contributed by atoms with Crippen molar-refractivity contribution in [3.63, 3.8) is 0 Å². The Bertz CT molecular complexity index is 338. The van der Waals surface area contributed by atoms with Crippen molar-refractivity contribution in [2.75, 3.05) is 5.88 Å². The smallest absolute Gasteiger partial charge is 0.224 e. The Labute approximate surface area is 95.6 Å². The zero-order valence-electron chi connectivity index (χ0n) is 9.09. The maximum absolute atomic E-state index is 11.4. The Kier molecular flexibility index (Phi) is 4.63.